The summed E-state index contributed by atoms with van der Waals surface area (Å²) in [7, 11) is -2.90. The molecule has 7 nitrogen and oxygen atoms in total. The lowest BCUT2D eigenvalue weighted by Crippen LogP contribution is -2.43. The van der Waals surface area contributed by atoms with Crippen LogP contribution in [-0.2, 0) is 14.6 Å². The van der Waals surface area contributed by atoms with Crippen molar-refractivity contribution >= 4 is 15.7 Å². The van der Waals surface area contributed by atoms with Gasteiger partial charge in [-0.05, 0) is 57.9 Å². The Morgan fingerprint density at radius 2 is 1.86 bits per heavy atom. The molecule has 0 radical (unpaired) electrons. The maximum atomic E-state index is 11.9. The molecule has 0 spiro atoms. The third-order valence-corrected chi connectivity index (χ3v) is 6.30. The molecule has 0 aliphatic carbocycles. The van der Waals surface area contributed by atoms with Crippen LogP contribution in [0.3, 0.4) is 0 Å². The van der Waals surface area contributed by atoms with Crippen LogP contribution in [-0.4, -0.2) is 47.5 Å². The Kier molecular flexibility index (Phi) is 5.79. The highest BCUT2D eigenvalue weighted by molar-refractivity contribution is 7.91. The minimum absolute atomic E-state index is 0.0399. The molecule has 0 saturated carbocycles. The summed E-state index contributed by atoms with van der Waals surface area (Å²) in [5.74, 6) is 1.69. The van der Waals surface area contributed by atoms with E-state index in [2.05, 4.69) is 14.9 Å². The number of sulfone groups is 1. The second-order valence-electron chi connectivity index (χ2n) is 8.15. The molecule has 0 unspecified atom stereocenters. The number of carbonyl (C=O) groups is 1. The highest BCUT2D eigenvalue weighted by atomic mass is 32.2. The highest BCUT2D eigenvalue weighted by Crippen LogP contribution is 2.29. The van der Waals surface area contributed by atoms with Crippen molar-refractivity contribution in [3.8, 4) is 17.1 Å². The second-order valence-corrected chi connectivity index (χ2v) is 10.5. The van der Waals surface area contributed by atoms with Gasteiger partial charge in [0.2, 0.25) is 0 Å². The Hall–Kier alpha value is -2.35. The zero-order valence-electron chi connectivity index (χ0n) is 16.5. The monoisotopic (exact) mass is 405 g/mol. The van der Waals surface area contributed by atoms with Gasteiger partial charge in [-0.1, -0.05) is 0 Å². The summed E-state index contributed by atoms with van der Waals surface area (Å²) in [6.07, 6.45) is 4.85. The van der Waals surface area contributed by atoms with Gasteiger partial charge in [0, 0.05) is 29.5 Å². The average Bonchev–Trinajstić information content (AvgIpc) is 3.08. The molecule has 1 N–H and O–H groups in total. The number of aromatic nitrogens is 2. The molecule has 0 bridgehead atoms. The summed E-state index contributed by atoms with van der Waals surface area (Å²) < 4.78 is 31.0. The van der Waals surface area contributed by atoms with E-state index in [0.29, 0.717) is 18.6 Å². The van der Waals surface area contributed by atoms with Gasteiger partial charge in [0.15, 0.2) is 6.61 Å². The van der Waals surface area contributed by atoms with Gasteiger partial charge >= 0.3 is 0 Å². The van der Waals surface area contributed by atoms with Gasteiger partial charge in [0.1, 0.15) is 21.4 Å². The molecule has 0 atom stereocenters. The summed E-state index contributed by atoms with van der Waals surface area (Å²) in [5.41, 5.74) is 0.629. The standard InChI is InChI=1S/C20H27N3O4S/c1-20(2,3)22-18(24)14-27-17-6-4-15(5-7-17)19-21-10-11-23(19)16-8-12-28(25,26)13-9-16/h4-7,10-11,16H,8-9,12-14H2,1-3H3,(H,22,24). The molecule has 152 valence electrons. The molecule has 3 rings (SSSR count). The van der Waals surface area contributed by atoms with E-state index < -0.39 is 9.84 Å². The normalized spacial score (nSPS) is 17.2. The SMILES string of the molecule is CC(C)(C)NC(=O)COc1ccc(-c2nccn2C2CCS(=O)(=O)CC2)cc1. The first-order valence-corrected chi connectivity index (χ1v) is 11.2. The number of hydrogen-bond donors (Lipinski definition) is 1. The van der Waals surface area contributed by atoms with Crippen molar-refractivity contribution < 1.29 is 17.9 Å². The van der Waals surface area contributed by atoms with Gasteiger partial charge in [0.25, 0.3) is 5.91 Å². The summed E-state index contributed by atoms with van der Waals surface area (Å²) in [6, 6.07) is 7.55. The van der Waals surface area contributed by atoms with Crippen molar-refractivity contribution in [2.75, 3.05) is 18.1 Å². The molecular weight excluding hydrogens is 378 g/mol. The van der Waals surface area contributed by atoms with Crippen LogP contribution in [0.15, 0.2) is 36.7 Å². The number of amides is 1. The van der Waals surface area contributed by atoms with E-state index in [0.717, 1.165) is 11.4 Å². The number of rotatable bonds is 5. The fourth-order valence-corrected chi connectivity index (χ4v) is 4.76. The maximum Gasteiger partial charge on any atom is 0.258 e. The van der Waals surface area contributed by atoms with E-state index in [-0.39, 0.29) is 35.6 Å². The molecule has 1 aromatic heterocycles. The number of ether oxygens (including phenoxy) is 1. The van der Waals surface area contributed by atoms with Crippen LogP contribution in [0.1, 0.15) is 39.7 Å². The second kappa shape index (κ2) is 7.95. The minimum Gasteiger partial charge on any atom is -0.484 e. The minimum atomic E-state index is -2.90. The Morgan fingerprint density at radius 3 is 2.46 bits per heavy atom. The predicted molar refractivity (Wildman–Crippen MR) is 108 cm³/mol. The van der Waals surface area contributed by atoms with Crippen molar-refractivity contribution in [1.29, 1.82) is 0 Å². The van der Waals surface area contributed by atoms with Crippen LogP contribution in [0.4, 0.5) is 0 Å². The summed E-state index contributed by atoms with van der Waals surface area (Å²) in [4.78, 5) is 16.3. The van der Waals surface area contributed by atoms with E-state index in [1.165, 1.54) is 0 Å². The summed E-state index contributed by atoms with van der Waals surface area (Å²) >= 11 is 0. The Morgan fingerprint density at radius 1 is 1.21 bits per heavy atom. The van der Waals surface area contributed by atoms with E-state index in [1.54, 1.807) is 6.20 Å². The summed E-state index contributed by atoms with van der Waals surface area (Å²) in [6.45, 7) is 5.72. The van der Waals surface area contributed by atoms with Crippen LogP contribution in [0.2, 0.25) is 0 Å². The molecule has 1 aliphatic rings. The summed E-state index contributed by atoms with van der Waals surface area (Å²) in [5, 5.41) is 2.85. The third-order valence-electron chi connectivity index (χ3n) is 4.58. The molecular formula is C20H27N3O4S. The molecule has 1 aliphatic heterocycles. The lowest BCUT2D eigenvalue weighted by Gasteiger charge is -2.25. The van der Waals surface area contributed by atoms with Crippen LogP contribution in [0.5, 0.6) is 5.75 Å². The van der Waals surface area contributed by atoms with Crippen LogP contribution in [0, 0.1) is 0 Å². The van der Waals surface area contributed by atoms with Crippen molar-refractivity contribution in [3.05, 3.63) is 36.7 Å². The van der Waals surface area contributed by atoms with Gasteiger partial charge in [0.05, 0.1) is 11.5 Å². The van der Waals surface area contributed by atoms with E-state index >= 15 is 0 Å². The van der Waals surface area contributed by atoms with E-state index in [9.17, 15) is 13.2 Å². The fourth-order valence-electron chi connectivity index (χ4n) is 3.29. The number of carbonyl (C=O) groups excluding carboxylic acids is 1. The molecule has 8 heteroatoms. The number of hydrogen-bond acceptors (Lipinski definition) is 5. The molecule has 1 saturated heterocycles. The first-order chi connectivity index (χ1) is 13.1. The lowest BCUT2D eigenvalue weighted by atomic mass is 10.1. The third kappa shape index (κ3) is 5.34. The fraction of sp³-hybridized carbons (Fsp3) is 0.500. The van der Waals surface area contributed by atoms with Gasteiger partial charge in [-0.15, -0.1) is 0 Å². The molecule has 1 aromatic carbocycles. The van der Waals surface area contributed by atoms with Gasteiger partial charge in [-0.2, -0.15) is 0 Å². The van der Waals surface area contributed by atoms with Crippen LogP contribution < -0.4 is 10.1 Å². The Balaban J connectivity index is 1.65. The van der Waals surface area contributed by atoms with E-state index in [1.807, 2.05) is 51.2 Å². The first kappa shape index (κ1) is 20.4. The van der Waals surface area contributed by atoms with Crippen LogP contribution >= 0.6 is 0 Å². The topological polar surface area (TPSA) is 90.3 Å². The maximum absolute atomic E-state index is 11.9. The lowest BCUT2D eigenvalue weighted by molar-refractivity contribution is -0.124. The van der Waals surface area contributed by atoms with E-state index in [4.69, 9.17) is 4.74 Å². The van der Waals surface area contributed by atoms with Gasteiger partial charge in [-0.3, -0.25) is 4.79 Å². The number of nitrogens with one attached hydrogen (secondary N) is 1. The molecule has 28 heavy (non-hydrogen) atoms. The quantitative estimate of drug-likeness (QED) is 0.826. The van der Waals surface area contributed by atoms with Gasteiger partial charge < -0.3 is 14.6 Å². The zero-order chi connectivity index (χ0) is 20.4. The highest BCUT2D eigenvalue weighted by Gasteiger charge is 2.26. The van der Waals surface area contributed by atoms with Crippen molar-refractivity contribution in [2.24, 2.45) is 0 Å². The van der Waals surface area contributed by atoms with Crippen molar-refractivity contribution in [1.82, 2.24) is 14.9 Å². The molecule has 1 fully saturated rings. The van der Waals surface area contributed by atoms with Crippen molar-refractivity contribution in [3.63, 3.8) is 0 Å². The Bertz CT molecular complexity index is 913. The zero-order valence-corrected chi connectivity index (χ0v) is 17.3. The number of benzene rings is 1. The smallest absolute Gasteiger partial charge is 0.258 e. The Labute approximate surface area is 166 Å². The van der Waals surface area contributed by atoms with Gasteiger partial charge in [-0.25, -0.2) is 13.4 Å². The number of nitrogens with zero attached hydrogens (tertiary/aromatic N) is 2. The molecule has 2 heterocycles. The average molecular weight is 406 g/mol. The predicted octanol–water partition coefficient (Wildman–Crippen LogP) is 2.59. The molecule has 1 amide bonds. The van der Waals surface area contributed by atoms with Crippen LogP contribution in [0.25, 0.3) is 11.4 Å². The van der Waals surface area contributed by atoms with Crippen molar-refractivity contribution in [2.45, 2.75) is 45.2 Å². The first-order valence-electron chi connectivity index (χ1n) is 9.40. The molecule has 2 aromatic rings. The number of imidazole rings is 1. The largest absolute Gasteiger partial charge is 0.484 e.